The number of nitrogens with one attached hydrogen (secondary N) is 2. The Bertz CT molecular complexity index is 606. The highest BCUT2D eigenvalue weighted by molar-refractivity contribution is 7.89. The van der Waals surface area contributed by atoms with Gasteiger partial charge < -0.3 is 10.1 Å². The number of sulfonamides is 1. The normalized spacial score (nSPS) is 15.4. The smallest absolute Gasteiger partial charge is 0.240 e. The lowest BCUT2D eigenvalue weighted by Crippen LogP contribution is -2.27. The van der Waals surface area contributed by atoms with E-state index >= 15 is 0 Å². The highest BCUT2D eigenvalue weighted by atomic mass is 35.5. The van der Waals surface area contributed by atoms with E-state index in [-0.39, 0.29) is 23.1 Å². The van der Waals surface area contributed by atoms with E-state index in [2.05, 4.69) is 10.0 Å². The molecule has 0 saturated heterocycles. The highest BCUT2D eigenvalue weighted by Crippen LogP contribution is 2.26. The first-order valence-electron chi connectivity index (χ1n) is 6.64. The van der Waals surface area contributed by atoms with E-state index in [0.717, 1.165) is 18.9 Å². The Balaban J connectivity index is 2.18. The van der Waals surface area contributed by atoms with Crippen LogP contribution in [0.2, 0.25) is 5.02 Å². The fraction of sp³-hybridized carbons (Fsp3) is 0.538. The molecule has 5 nitrogen and oxygen atoms in total. The van der Waals surface area contributed by atoms with Crippen LogP contribution in [0, 0.1) is 5.82 Å². The molecular weight excluding hydrogens is 319 g/mol. The number of benzene rings is 1. The molecule has 1 aliphatic rings. The summed E-state index contributed by atoms with van der Waals surface area (Å²) in [7, 11) is -2.30. The first kappa shape index (κ1) is 16.6. The number of rotatable bonds is 8. The van der Waals surface area contributed by atoms with Gasteiger partial charge in [0.1, 0.15) is 5.82 Å². The van der Waals surface area contributed by atoms with Crippen LogP contribution >= 0.6 is 11.6 Å². The average molecular weight is 337 g/mol. The SMILES string of the molecule is COCCNS(=O)(=O)c1cc(F)c(Cl)c(CNC2CC2)c1. The van der Waals surface area contributed by atoms with Crippen molar-refractivity contribution in [2.24, 2.45) is 0 Å². The molecule has 1 aromatic carbocycles. The summed E-state index contributed by atoms with van der Waals surface area (Å²) in [6, 6.07) is 2.75. The van der Waals surface area contributed by atoms with Gasteiger partial charge in [-0.25, -0.2) is 17.5 Å². The predicted molar refractivity (Wildman–Crippen MR) is 78.3 cm³/mol. The number of methoxy groups -OCH3 is 1. The lowest BCUT2D eigenvalue weighted by molar-refractivity contribution is 0.204. The first-order valence-corrected chi connectivity index (χ1v) is 8.50. The van der Waals surface area contributed by atoms with Crippen molar-refractivity contribution in [2.75, 3.05) is 20.3 Å². The second-order valence-corrected chi connectivity index (χ2v) is 7.07. The van der Waals surface area contributed by atoms with Crippen LogP contribution < -0.4 is 10.0 Å². The molecule has 0 aromatic heterocycles. The predicted octanol–water partition coefficient (Wildman–Crippen LogP) is 1.66. The van der Waals surface area contributed by atoms with Crippen molar-refractivity contribution in [1.29, 1.82) is 0 Å². The van der Waals surface area contributed by atoms with Crippen molar-refractivity contribution < 1.29 is 17.5 Å². The van der Waals surface area contributed by atoms with Gasteiger partial charge in [-0.1, -0.05) is 11.6 Å². The summed E-state index contributed by atoms with van der Waals surface area (Å²) in [6.45, 7) is 0.714. The summed E-state index contributed by atoms with van der Waals surface area (Å²) in [6.07, 6.45) is 2.16. The minimum atomic E-state index is -3.77. The summed E-state index contributed by atoms with van der Waals surface area (Å²) in [5, 5.41) is 3.14. The van der Waals surface area contributed by atoms with E-state index in [1.165, 1.54) is 13.2 Å². The molecular formula is C13H18ClFN2O3S. The first-order chi connectivity index (χ1) is 9.94. The van der Waals surface area contributed by atoms with Gasteiger partial charge in [0.2, 0.25) is 10.0 Å². The van der Waals surface area contributed by atoms with Crippen molar-refractivity contribution in [3.8, 4) is 0 Å². The molecule has 0 bridgehead atoms. The molecule has 0 heterocycles. The lowest BCUT2D eigenvalue weighted by atomic mass is 10.2. The van der Waals surface area contributed by atoms with Crippen molar-refractivity contribution in [1.82, 2.24) is 10.0 Å². The molecule has 0 unspecified atom stereocenters. The standard InChI is InChI=1S/C13H18ClFN2O3S/c1-20-5-4-17-21(18,19)11-6-9(8-16-10-2-3-10)13(14)12(15)7-11/h6-7,10,16-17H,2-5,8H2,1H3. The van der Waals surface area contributed by atoms with Gasteiger partial charge in [0.15, 0.2) is 0 Å². The summed E-state index contributed by atoms with van der Waals surface area (Å²) in [4.78, 5) is -0.131. The van der Waals surface area contributed by atoms with Gasteiger partial charge >= 0.3 is 0 Å². The summed E-state index contributed by atoms with van der Waals surface area (Å²) < 4.78 is 45.1. The number of hydrogen-bond acceptors (Lipinski definition) is 4. The van der Waals surface area contributed by atoms with E-state index in [9.17, 15) is 12.8 Å². The van der Waals surface area contributed by atoms with Crippen molar-refractivity contribution in [3.63, 3.8) is 0 Å². The van der Waals surface area contributed by atoms with Gasteiger partial charge in [-0.2, -0.15) is 0 Å². The molecule has 0 amide bonds. The zero-order chi connectivity index (χ0) is 15.5. The maximum Gasteiger partial charge on any atom is 0.240 e. The van der Waals surface area contributed by atoms with Gasteiger partial charge in [-0.15, -0.1) is 0 Å². The Hall–Kier alpha value is -0.730. The second kappa shape index (κ2) is 7.02. The molecule has 0 atom stereocenters. The summed E-state index contributed by atoms with van der Waals surface area (Å²) >= 11 is 5.90. The van der Waals surface area contributed by atoms with Crippen LogP contribution in [-0.4, -0.2) is 34.7 Å². The van der Waals surface area contributed by atoms with E-state index < -0.39 is 15.8 Å². The second-order valence-electron chi connectivity index (χ2n) is 4.92. The van der Waals surface area contributed by atoms with Gasteiger partial charge in [0, 0.05) is 26.2 Å². The molecule has 0 aliphatic heterocycles. The largest absolute Gasteiger partial charge is 0.383 e. The van der Waals surface area contributed by atoms with E-state index in [4.69, 9.17) is 16.3 Å². The topological polar surface area (TPSA) is 67.4 Å². The summed E-state index contributed by atoms with van der Waals surface area (Å²) in [5.41, 5.74) is 0.440. The molecule has 1 aliphatic carbocycles. The third-order valence-electron chi connectivity index (χ3n) is 3.14. The molecule has 2 N–H and O–H groups in total. The molecule has 0 radical (unpaired) electrons. The zero-order valence-corrected chi connectivity index (χ0v) is 13.2. The fourth-order valence-electron chi connectivity index (χ4n) is 1.81. The third-order valence-corrected chi connectivity index (χ3v) is 5.01. The van der Waals surface area contributed by atoms with E-state index in [1.54, 1.807) is 0 Å². The minimum Gasteiger partial charge on any atom is -0.383 e. The monoisotopic (exact) mass is 336 g/mol. The zero-order valence-electron chi connectivity index (χ0n) is 11.7. The maximum atomic E-state index is 13.8. The number of hydrogen-bond donors (Lipinski definition) is 2. The van der Waals surface area contributed by atoms with Gasteiger partial charge in [0.05, 0.1) is 16.5 Å². The quantitative estimate of drug-likeness (QED) is 0.708. The molecule has 118 valence electrons. The molecule has 8 heteroatoms. The average Bonchev–Trinajstić information content (AvgIpc) is 3.24. The van der Waals surface area contributed by atoms with Gasteiger partial charge in [0.25, 0.3) is 0 Å². The number of ether oxygens (including phenoxy) is 1. The van der Waals surface area contributed by atoms with Gasteiger partial charge in [-0.3, -0.25) is 0 Å². The van der Waals surface area contributed by atoms with Crippen LogP contribution in [0.25, 0.3) is 0 Å². The Morgan fingerprint density at radius 2 is 2.14 bits per heavy atom. The van der Waals surface area contributed by atoms with Crippen molar-refractivity contribution in [3.05, 3.63) is 28.5 Å². The molecule has 1 fully saturated rings. The Morgan fingerprint density at radius 1 is 1.43 bits per heavy atom. The van der Waals surface area contributed by atoms with Crippen LogP contribution in [0.3, 0.4) is 0 Å². The number of halogens is 2. The van der Waals surface area contributed by atoms with Crippen LogP contribution in [0.15, 0.2) is 17.0 Å². The minimum absolute atomic E-state index is 0.0426. The maximum absolute atomic E-state index is 13.8. The highest BCUT2D eigenvalue weighted by Gasteiger charge is 2.22. The molecule has 0 spiro atoms. The van der Waals surface area contributed by atoms with E-state index in [1.807, 2.05) is 0 Å². The van der Waals surface area contributed by atoms with Gasteiger partial charge in [-0.05, 0) is 30.5 Å². The molecule has 1 saturated carbocycles. The summed E-state index contributed by atoms with van der Waals surface area (Å²) in [5.74, 6) is -0.737. The van der Waals surface area contributed by atoms with Crippen LogP contribution in [0.4, 0.5) is 4.39 Å². The fourth-order valence-corrected chi connectivity index (χ4v) is 3.06. The molecule has 2 rings (SSSR count). The van der Waals surface area contributed by atoms with Crippen molar-refractivity contribution in [2.45, 2.75) is 30.3 Å². The van der Waals surface area contributed by atoms with E-state index in [0.29, 0.717) is 18.2 Å². The Morgan fingerprint density at radius 3 is 2.76 bits per heavy atom. The molecule has 21 heavy (non-hydrogen) atoms. The third kappa shape index (κ3) is 4.62. The Labute approximate surface area is 128 Å². The van der Waals surface area contributed by atoms with Crippen molar-refractivity contribution >= 4 is 21.6 Å². The van der Waals surface area contributed by atoms with Crippen LogP contribution in [0.1, 0.15) is 18.4 Å². The van der Waals surface area contributed by atoms with Crippen LogP contribution in [0.5, 0.6) is 0 Å². The molecule has 1 aromatic rings. The Kier molecular flexibility index (Phi) is 5.56. The lowest BCUT2D eigenvalue weighted by Gasteiger charge is -2.11. The van der Waals surface area contributed by atoms with Crippen LogP contribution in [-0.2, 0) is 21.3 Å².